The van der Waals surface area contributed by atoms with Crippen LogP contribution in [0.25, 0.3) is 0 Å². The number of benzene rings is 1. The third-order valence-electron chi connectivity index (χ3n) is 2.39. The molecule has 0 aliphatic rings. The number of methoxy groups -OCH3 is 2. The zero-order chi connectivity index (χ0) is 14.3. The molecule has 0 heterocycles. The minimum Gasteiger partial charge on any atom is -0.497 e. The summed E-state index contributed by atoms with van der Waals surface area (Å²) in [6.07, 6.45) is 0.700. The monoisotopic (exact) mass is 350 g/mol. The standard InChI is InChI=1S/C13H20BrO4P/c1-5-17-19(18-6-2)9-10-7-11(15-3)8-12(16-4)13(10)14/h7-8H,5-6,9H2,1-4H3. The Bertz CT molecular complexity index is 394. The van der Waals surface area contributed by atoms with Gasteiger partial charge in [0.15, 0.2) is 8.38 Å². The Labute approximate surface area is 124 Å². The zero-order valence-electron chi connectivity index (χ0n) is 11.7. The minimum atomic E-state index is -0.929. The van der Waals surface area contributed by atoms with Gasteiger partial charge in [-0.3, -0.25) is 0 Å². The normalized spacial score (nSPS) is 10.8. The summed E-state index contributed by atoms with van der Waals surface area (Å²) in [6, 6.07) is 3.82. The Morgan fingerprint density at radius 2 is 1.68 bits per heavy atom. The number of hydrogen-bond donors (Lipinski definition) is 0. The lowest BCUT2D eigenvalue weighted by atomic mass is 10.2. The molecule has 0 atom stereocenters. The van der Waals surface area contributed by atoms with Gasteiger partial charge in [-0.2, -0.15) is 0 Å². The minimum absolute atomic E-state index is 0.643. The fourth-order valence-electron chi connectivity index (χ4n) is 1.56. The van der Waals surface area contributed by atoms with Crippen molar-refractivity contribution in [2.45, 2.75) is 20.0 Å². The number of hydrogen-bond acceptors (Lipinski definition) is 4. The molecule has 0 saturated carbocycles. The van der Waals surface area contributed by atoms with Crippen molar-refractivity contribution in [3.63, 3.8) is 0 Å². The van der Waals surface area contributed by atoms with E-state index in [4.69, 9.17) is 18.5 Å². The lowest BCUT2D eigenvalue weighted by Crippen LogP contribution is -1.97. The molecule has 0 amide bonds. The Balaban J connectivity index is 2.96. The van der Waals surface area contributed by atoms with Crippen LogP contribution >= 0.6 is 24.3 Å². The largest absolute Gasteiger partial charge is 0.497 e. The highest BCUT2D eigenvalue weighted by Crippen LogP contribution is 2.45. The van der Waals surface area contributed by atoms with Gasteiger partial charge >= 0.3 is 0 Å². The van der Waals surface area contributed by atoms with Crippen LogP contribution in [0.4, 0.5) is 0 Å². The van der Waals surface area contributed by atoms with Gasteiger partial charge in [-0.15, -0.1) is 0 Å². The van der Waals surface area contributed by atoms with Crippen LogP contribution in [0.1, 0.15) is 19.4 Å². The van der Waals surface area contributed by atoms with E-state index in [2.05, 4.69) is 15.9 Å². The molecule has 1 rings (SSSR count). The Morgan fingerprint density at radius 3 is 2.16 bits per heavy atom. The van der Waals surface area contributed by atoms with Crippen LogP contribution in [-0.2, 0) is 15.2 Å². The Hall–Kier alpha value is -0.350. The van der Waals surface area contributed by atoms with Crippen molar-refractivity contribution >= 4 is 24.3 Å². The second-order valence-corrected chi connectivity index (χ2v) is 5.92. The maximum Gasteiger partial charge on any atom is 0.175 e. The molecule has 0 unspecified atom stereocenters. The summed E-state index contributed by atoms with van der Waals surface area (Å²) in [5.41, 5.74) is 1.06. The first-order valence-electron chi connectivity index (χ1n) is 6.09. The molecule has 19 heavy (non-hydrogen) atoms. The molecule has 0 fully saturated rings. The lowest BCUT2D eigenvalue weighted by Gasteiger charge is -2.18. The van der Waals surface area contributed by atoms with Crippen molar-refractivity contribution < 1.29 is 18.5 Å². The molecule has 0 saturated heterocycles. The van der Waals surface area contributed by atoms with Gasteiger partial charge in [0.05, 0.1) is 31.9 Å². The zero-order valence-corrected chi connectivity index (χ0v) is 14.2. The van der Waals surface area contributed by atoms with E-state index in [1.807, 2.05) is 26.0 Å². The third kappa shape index (κ3) is 4.92. The van der Waals surface area contributed by atoms with Crippen LogP contribution in [0.2, 0.25) is 0 Å². The van der Waals surface area contributed by atoms with E-state index >= 15 is 0 Å². The maximum atomic E-state index is 5.63. The van der Waals surface area contributed by atoms with E-state index in [-0.39, 0.29) is 0 Å². The van der Waals surface area contributed by atoms with Crippen LogP contribution in [-0.4, -0.2) is 27.4 Å². The van der Waals surface area contributed by atoms with Gasteiger partial charge in [0.25, 0.3) is 0 Å². The van der Waals surface area contributed by atoms with Gasteiger partial charge < -0.3 is 18.5 Å². The second kappa shape index (κ2) is 8.75. The second-order valence-electron chi connectivity index (χ2n) is 3.63. The van der Waals surface area contributed by atoms with Crippen molar-refractivity contribution in [1.82, 2.24) is 0 Å². The molecule has 4 nitrogen and oxygen atoms in total. The smallest absolute Gasteiger partial charge is 0.175 e. The SMILES string of the molecule is CCOP(Cc1cc(OC)cc(OC)c1Br)OCC. The average molecular weight is 351 g/mol. The lowest BCUT2D eigenvalue weighted by molar-refractivity contribution is 0.268. The average Bonchev–Trinajstić information content (AvgIpc) is 2.41. The Morgan fingerprint density at radius 1 is 1.05 bits per heavy atom. The van der Waals surface area contributed by atoms with Crippen LogP contribution in [0, 0.1) is 0 Å². The quantitative estimate of drug-likeness (QED) is 0.653. The summed E-state index contributed by atoms with van der Waals surface area (Å²) in [5, 5.41) is 0. The molecule has 0 bridgehead atoms. The van der Waals surface area contributed by atoms with Crippen molar-refractivity contribution in [2.75, 3.05) is 27.4 Å². The molecule has 0 radical (unpaired) electrons. The molecule has 1 aromatic carbocycles. The summed E-state index contributed by atoms with van der Waals surface area (Å²) >= 11 is 3.55. The summed E-state index contributed by atoms with van der Waals surface area (Å²) in [5.74, 6) is 1.51. The van der Waals surface area contributed by atoms with Crippen LogP contribution in [0.3, 0.4) is 0 Å². The summed E-state index contributed by atoms with van der Waals surface area (Å²) in [4.78, 5) is 0. The third-order valence-corrected chi connectivity index (χ3v) is 4.98. The van der Waals surface area contributed by atoms with E-state index in [0.29, 0.717) is 19.4 Å². The van der Waals surface area contributed by atoms with Gasteiger partial charge in [-0.1, -0.05) is 0 Å². The molecule has 0 aliphatic heterocycles. The fourth-order valence-corrected chi connectivity index (χ4v) is 3.67. The first kappa shape index (κ1) is 16.7. The first-order valence-corrected chi connectivity index (χ1v) is 8.25. The molecule has 0 aliphatic carbocycles. The highest BCUT2D eigenvalue weighted by Gasteiger charge is 2.16. The van der Waals surface area contributed by atoms with Gasteiger partial charge in [0.2, 0.25) is 0 Å². The van der Waals surface area contributed by atoms with Crippen molar-refractivity contribution in [3.05, 3.63) is 22.2 Å². The van der Waals surface area contributed by atoms with E-state index < -0.39 is 8.38 Å². The highest BCUT2D eigenvalue weighted by atomic mass is 79.9. The molecule has 0 spiro atoms. The van der Waals surface area contributed by atoms with Crippen LogP contribution in [0.5, 0.6) is 11.5 Å². The van der Waals surface area contributed by atoms with Crippen LogP contribution < -0.4 is 9.47 Å². The highest BCUT2D eigenvalue weighted by molar-refractivity contribution is 9.10. The van der Waals surface area contributed by atoms with E-state index in [1.165, 1.54) is 0 Å². The molecular formula is C13H20BrO4P. The Kier molecular flexibility index (Phi) is 7.69. The number of ether oxygens (including phenoxy) is 2. The molecular weight excluding hydrogens is 331 g/mol. The molecule has 1 aromatic rings. The van der Waals surface area contributed by atoms with E-state index in [1.54, 1.807) is 14.2 Å². The number of halogens is 1. The fraction of sp³-hybridized carbons (Fsp3) is 0.538. The summed E-state index contributed by atoms with van der Waals surface area (Å²) in [6.45, 7) is 5.22. The molecule has 6 heteroatoms. The van der Waals surface area contributed by atoms with Gasteiger partial charge in [-0.05, 0) is 41.4 Å². The predicted octanol–water partition coefficient (Wildman–Crippen LogP) is 4.35. The van der Waals surface area contributed by atoms with Crippen LogP contribution in [0.15, 0.2) is 16.6 Å². The summed E-state index contributed by atoms with van der Waals surface area (Å²) < 4.78 is 22.8. The van der Waals surface area contributed by atoms with Gasteiger partial charge in [0.1, 0.15) is 11.5 Å². The molecule has 108 valence electrons. The number of rotatable bonds is 8. The molecule has 0 N–H and O–H groups in total. The summed E-state index contributed by atoms with van der Waals surface area (Å²) in [7, 11) is 2.35. The van der Waals surface area contributed by atoms with Crippen molar-refractivity contribution in [1.29, 1.82) is 0 Å². The van der Waals surface area contributed by atoms with Gasteiger partial charge in [0, 0.05) is 12.2 Å². The molecule has 0 aromatic heterocycles. The van der Waals surface area contributed by atoms with E-state index in [0.717, 1.165) is 21.5 Å². The maximum absolute atomic E-state index is 5.63. The van der Waals surface area contributed by atoms with Crippen molar-refractivity contribution in [3.8, 4) is 11.5 Å². The topological polar surface area (TPSA) is 36.9 Å². The van der Waals surface area contributed by atoms with Crippen molar-refractivity contribution in [2.24, 2.45) is 0 Å². The van der Waals surface area contributed by atoms with Gasteiger partial charge in [-0.25, -0.2) is 0 Å². The van der Waals surface area contributed by atoms with E-state index in [9.17, 15) is 0 Å². The first-order chi connectivity index (χ1) is 9.15. The predicted molar refractivity (Wildman–Crippen MR) is 81.1 cm³/mol.